The van der Waals surface area contributed by atoms with Crippen LogP contribution in [0.25, 0.3) is 0 Å². The van der Waals surface area contributed by atoms with Gasteiger partial charge in [0.1, 0.15) is 0 Å². The summed E-state index contributed by atoms with van der Waals surface area (Å²) in [6.07, 6.45) is 4.91. The largest absolute Gasteiger partial charge is 0.373 e. The van der Waals surface area contributed by atoms with Gasteiger partial charge in [-0.2, -0.15) is 0 Å². The maximum atomic E-state index is 6.38. The first-order chi connectivity index (χ1) is 10.0. The van der Waals surface area contributed by atoms with Crippen molar-refractivity contribution in [2.24, 2.45) is 5.92 Å². The second-order valence-electron chi connectivity index (χ2n) is 6.71. The molecule has 3 atom stereocenters. The van der Waals surface area contributed by atoms with Crippen LogP contribution >= 0.6 is 0 Å². The van der Waals surface area contributed by atoms with E-state index in [1.54, 1.807) is 0 Å². The van der Waals surface area contributed by atoms with Crippen LogP contribution in [0.5, 0.6) is 0 Å². The summed E-state index contributed by atoms with van der Waals surface area (Å²) in [7, 11) is 2.08. The second kappa shape index (κ2) is 6.93. The van der Waals surface area contributed by atoms with Crippen LogP contribution in [0, 0.1) is 19.8 Å². The molecule has 0 radical (unpaired) electrons. The number of aryl methyl sites for hydroxylation is 1. The number of nitrogens with one attached hydrogen (secondary N) is 1. The zero-order valence-corrected chi connectivity index (χ0v) is 14.3. The first-order valence-electron chi connectivity index (χ1n) is 8.41. The topological polar surface area (TPSA) is 21.3 Å². The normalized spacial score (nSPS) is 27.6. The van der Waals surface area contributed by atoms with Gasteiger partial charge < -0.3 is 10.1 Å². The quantitative estimate of drug-likeness (QED) is 0.858. The van der Waals surface area contributed by atoms with Crippen molar-refractivity contribution < 1.29 is 4.74 Å². The molecule has 0 bridgehead atoms. The van der Waals surface area contributed by atoms with Crippen LogP contribution in [-0.2, 0) is 4.74 Å². The highest BCUT2D eigenvalue weighted by Crippen LogP contribution is 2.44. The van der Waals surface area contributed by atoms with E-state index in [0.717, 1.165) is 25.4 Å². The Kier molecular flexibility index (Phi) is 5.45. The number of hydrogen-bond donors (Lipinski definition) is 1. The van der Waals surface area contributed by atoms with Gasteiger partial charge in [-0.05, 0) is 63.3 Å². The molecule has 1 aliphatic rings. The summed E-state index contributed by atoms with van der Waals surface area (Å²) in [6.45, 7) is 9.71. The highest BCUT2D eigenvalue weighted by atomic mass is 16.5. The van der Waals surface area contributed by atoms with Crippen molar-refractivity contribution in [2.75, 3.05) is 13.7 Å². The number of likely N-dealkylation sites (N-methyl/N-ethyl adjacent to an activating group) is 1. The minimum atomic E-state index is -0.0558. The van der Waals surface area contributed by atoms with E-state index in [1.165, 1.54) is 29.5 Å². The van der Waals surface area contributed by atoms with Crippen LogP contribution in [-0.4, -0.2) is 19.3 Å². The monoisotopic (exact) mass is 289 g/mol. The van der Waals surface area contributed by atoms with Gasteiger partial charge in [-0.15, -0.1) is 0 Å². The Morgan fingerprint density at radius 3 is 2.76 bits per heavy atom. The molecular weight excluding hydrogens is 258 g/mol. The first-order valence-corrected chi connectivity index (χ1v) is 8.41. The number of benzene rings is 1. The average Bonchev–Trinajstić information content (AvgIpc) is 2.44. The van der Waals surface area contributed by atoms with Crippen molar-refractivity contribution in [3.63, 3.8) is 0 Å². The van der Waals surface area contributed by atoms with Crippen molar-refractivity contribution >= 4 is 0 Å². The molecule has 3 unspecified atom stereocenters. The Morgan fingerprint density at radius 2 is 2.14 bits per heavy atom. The first kappa shape index (κ1) is 16.5. The van der Waals surface area contributed by atoms with Crippen molar-refractivity contribution in [2.45, 2.75) is 65.0 Å². The van der Waals surface area contributed by atoms with Crippen molar-refractivity contribution in [3.05, 3.63) is 34.9 Å². The highest BCUT2D eigenvalue weighted by Gasteiger charge is 2.43. The van der Waals surface area contributed by atoms with Crippen molar-refractivity contribution in [1.29, 1.82) is 0 Å². The standard InChI is InChI=1S/C19H31NO/c1-6-21-19(12-8-9-14(2)13-19)18(20-5)17-11-7-10-15(3)16(17)4/h7,10-11,14,18,20H,6,8-9,12-13H2,1-5H3. The van der Waals surface area contributed by atoms with Crippen LogP contribution in [0.3, 0.4) is 0 Å². The average molecular weight is 289 g/mol. The molecule has 2 rings (SSSR count). The fourth-order valence-electron chi connectivity index (χ4n) is 4.10. The highest BCUT2D eigenvalue weighted by molar-refractivity contribution is 5.37. The van der Waals surface area contributed by atoms with E-state index in [2.05, 4.69) is 58.3 Å². The fourth-order valence-corrected chi connectivity index (χ4v) is 4.10. The molecule has 1 aliphatic carbocycles. The summed E-state index contributed by atoms with van der Waals surface area (Å²) in [5, 5.41) is 3.58. The number of rotatable bonds is 5. The van der Waals surface area contributed by atoms with Crippen LogP contribution in [0.4, 0.5) is 0 Å². The summed E-state index contributed by atoms with van der Waals surface area (Å²) < 4.78 is 6.38. The molecule has 1 aromatic carbocycles. The van der Waals surface area contributed by atoms with E-state index in [4.69, 9.17) is 4.74 Å². The van der Waals surface area contributed by atoms with Gasteiger partial charge in [0, 0.05) is 6.61 Å². The summed E-state index contributed by atoms with van der Waals surface area (Å²) >= 11 is 0. The molecule has 0 heterocycles. The summed E-state index contributed by atoms with van der Waals surface area (Å²) in [5.74, 6) is 0.742. The van der Waals surface area contributed by atoms with E-state index in [-0.39, 0.29) is 11.6 Å². The molecule has 0 aliphatic heterocycles. The predicted molar refractivity (Wildman–Crippen MR) is 89.7 cm³/mol. The molecule has 1 aromatic rings. The molecule has 1 fully saturated rings. The van der Waals surface area contributed by atoms with Gasteiger partial charge in [-0.1, -0.05) is 38.0 Å². The molecule has 0 aromatic heterocycles. The zero-order valence-electron chi connectivity index (χ0n) is 14.3. The van der Waals surface area contributed by atoms with Crippen LogP contribution in [0.15, 0.2) is 18.2 Å². The molecule has 1 saturated carbocycles. The van der Waals surface area contributed by atoms with E-state index >= 15 is 0 Å². The Bertz CT molecular complexity index is 467. The van der Waals surface area contributed by atoms with E-state index in [9.17, 15) is 0 Å². The van der Waals surface area contributed by atoms with E-state index < -0.39 is 0 Å². The lowest BCUT2D eigenvalue weighted by molar-refractivity contribution is -0.100. The lowest BCUT2D eigenvalue weighted by Crippen LogP contribution is -2.48. The van der Waals surface area contributed by atoms with Crippen LogP contribution < -0.4 is 5.32 Å². The smallest absolute Gasteiger partial charge is 0.0878 e. The van der Waals surface area contributed by atoms with E-state index in [0.29, 0.717) is 0 Å². The van der Waals surface area contributed by atoms with Crippen LogP contribution in [0.1, 0.15) is 62.3 Å². The number of ether oxygens (including phenoxy) is 1. The number of hydrogen-bond acceptors (Lipinski definition) is 2. The Hall–Kier alpha value is -0.860. The summed E-state index contributed by atoms with van der Waals surface area (Å²) in [4.78, 5) is 0. The van der Waals surface area contributed by atoms with Gasteiger partial charge in [0.05, 0.1) is 11.6 Å². The third-order valence-electron chi connectivity index (χ3n) is 5.19. The lowest BCUT2D eigenvalue weighted by atomic mass is 9.72. The van der Waals surface area contributed by atoms with Gasteiger partial charge in [0.2, 0.25) is 0 Å². The van der Waals surface area contributed by atoms with Gasteiger partial charge in [0.25, 0.3) is 0 Å². The van der Waals surface area contributed by atoms with Crippen LogP contribution in [0.2, 0.25) is 0 Å². The minimum absolute atomic E-state index is 0.0558. The molecule has 1 N–H and O–H groups in total. The van der Waals surface area contributed by atoms with Crippen molar-refractivity contribution in [1.82, 2.24) is 5.32 Å². The molecule has 21 heavy (non-hydrogen) atoms. The second-order valence-corrected chi connectivity index (χ2v) is 6.71. The third kappa shape index (κ3) is 3.32. The lowest BCUT2D eigenvalue weighted by Gasteiger charge is -2.46. The molecule has 2 heteroatoms. The third-order valence-corrected chi connectivity index (χ3v) is 5.19. The Labute approximate surface area is 130 Å². The van der Waals surface area contributed by atoms with Crippen molar-refractivity contribution in [3.8, 4) is 0 Å². The molecule has 118 valence electrons. The predicted octanol–water partition coefficient (Wildman–Crippen LogP) is 4.55. The fraction of sp³-hybridized carbons (Fsp3) is 0.684. The molecular formula is C19H31NO. The summed E-state index contributed by atoms with van der Waals surface area (Å²) in [6, 6.07) is 6.92. The molecule has 0 saturated heterocycles. The Morgan fingerprint density at radius 1 is 1.38 bits per heavy atom. The Balaban J connectivity index is 2.42. The zero-order chi connectivity index (χ0) is 15.5. The van der Waals surface area contributed by atoms with Gasteiger partial charge in [-0.3, -0.25) is 0 Å². The van der Waals surface area contributed by atoms with Gasteiger partial charge >= 0.3 is 0 Å². The maximum absolute atomic E-state index is 6.38. The minimum Gasteiger partial charge on any atom is -0.373 e. The molecule has 0 amide bonds. The maximum Gasteiger partial charge on any atom is 0.0878 e. The summed E-state index contributed by atoms with van der Waals surface area (Å²) in [5.41, 5.74) is 4.11. The van der Waals surface area contributed by atoms with Gasteiger partial charge in [0.15, 0.2) is 0 Å². The molecule has 2 nitrogen and oxygen atoms in total. The van der Waals surface area contributed by atoms with E-state index in [1.807, 2.05) is 0 Å². The molecule has 0 spiro atoms. The van der Waals surface area contributed by atoms with Gasteiger partial charge in [-0.25, -0.2) is 0 Å². The SMILES string of the molecule is CCOC1(C(NC)c2cccc(C)c2C)CCCC(C)C1.